The largest absolute Gasteiger partial charge is 0.476 e. The van der Waals surface area contributed by atoms with Crippen LogP contribution in [0.1, 0.15) is 13.8 Å². The first-order valence-electron chi connectivity index (χ1n) is 5.86. The van der Waals surface area contributed by atoms with E-state index in [0.717, 1.165) is 0 Å². The number of nitrogens with zero attached hydrogens (tertiary/aromatic N) is 2. The number of hydrogen-bond donors (Lipinski definition) is 1. The smallest absolute Gasteiger partial charge is 0.273 e. The predicted octanol–water partition coefficient (Wildman–Crippen LogP) is 1.06. The fourth-order valence-electron chi connectivity index (χ4n) is 2.03. The molecular weight excluding hydrogens is 250 g/mol. The molecule has 102 valence electrons. The van der Waals surface area contributed by atoms with E-state index in [1.165, 1.54) is 23.1 Å². The number of fused-ring (bicyclic) bond motifs is 1. The van der Waals surface area contributed by atoms with E-state index in [0.29, 0.717) is 24.5 Å². The number of benzene rings is 1. The predicted molar refractivity (Wildman–Crippen MR) is 69.2 cm³/mol. The van der Waals surface area contributed by atoms with Crippen LogP contribution in [0.4, 0.5) is 11.4 Å². The van der Waals surface area contributed by atoms with Gasteiger partial charge in [-0.2, -0.15) is 0 Å². The topological polar surface area (TPSA) is 98.7 Å². The summed E-state index contributed by atoms with van der Waals surface area (Å²) >= 11 is 0. The van der Waals surface area contributed by atoms with E-state index in [1.54, 1.807) is 13.8 Å². The fourth-order valence-corrected chi connectivity index (χ4v) is 2.03. The lowest BCUT2D eigenvalue weighted by Gasteiger charge is -2.38. The molecule has 7 heteroatoms. The first-order chi connectivity index (χ1) is 8.86. The lowest BCUT2D eigenvalue weighted by Crippen LogP contribution is -2.53. The third-order valence-corrected chi connectivity index (χ3v) is 2.92. The Balaban J connectivity index is 2.52. The van der Waals surface area contributed by atoms with E-state index in [2.05, 4.69) is 0 Å². The molecule has 0 unspecified atom stereocenters. The van der Waals surface area contributed by atoms with E-state index in [9.17, 15) is 14.9 Å². The van der Waals surface area contributed by atoms with Gasteiger partial charge in [-0.3, -0.25) is 14.9 Å². The van der Waals surface area contributed by atoms with Gasteiger partial charge >= 0.3 is 0 Å². The first-order valence-corrected chi connectivity index (χ1v) is 5.86. The zero-order valence-corrected chi connectivity index (χ0v) is 10.8. The third kappa shape index (κ3) is 2.24. The first kappa shape index (κ1) is 13.3. The molecule has 1 heterocycles. The molecule has 1 amide bonds. The molecule has 1 aliphatic rings. The average Bonchev–Trinajstić information content (AvgIpc) is 2.33. The molecule has 7 nitrogen and oxygen atoms in total. The molecule has 2 N–H and O–H groups in total. The Morgan fingerprint density at radius 1 is 1.47 bits per heavy atom. The molecule has 0 fully saturated rings. The number of amides is 1. The monoisotopic (exact) mass is 265 g/mol. The summed E-state index contributed by atoms with van der Waals surface area (Å²) in [5.74, 6) is 0.117. The Labute approximate surface area is 110 Å². The minimum atomic E-state index is -1.06. The van der Waals surface area contributed by atoms with Crippen molar-refractivity contribution in [2.75, 3.05) is 18.0 Å². The minimum Gasteiger partial charge on any atom is -0.476 e. The van der Waals surface area contributed by atoms with Crippen LogP contribution in [0.3, 0.4) is 0 Å². The summed E-state index contributed by atoms with van der Waals surface area (Å²) < 4.78 is 5.56. The second kappa shape index (κ2) is 4.51. The summed E-state index contributed by atoms with van der Waals surface area (Å²) in [4.78, 5) is 24.0. The summed E-state index contributed by atoms with van der Waals surface area (Å²) in [7, 11) is 0. The zero-order valence-electron chi connectivity index (χ0n) is 10.8. The Kier molecular flexibility index (Phi) is 3.15. The molecule has 0 bridgehead atoms. The number of nitro benzene ring substituents is 1. The van der Waals surface area contributed by atoms with Gasteiger partial charge in [0.2, 0.25) is 0 Å². The molecule has 0 radical (unpaired) electrons. The van der Waals surface area contributed by atoms with Crippen molar-refractivity contribution < 1.29 is 14.5 Å². The number of nitrogens with two attached hydrogens (primary N) is 1. The van der Waals surface area contributed by atoms with Gasteiger partial charge in [0.25, 0.3) is 11.6 Å². The number of hydrogen-bond acceptors (Lipinski definition) is 5. The van der Waals surface area contributed by atoms with E-state index in [-0.39, 0.29) is 11.6 Å². The van der Waals surface area contributed by atoms with Gasteiger partial charge in [-0.15, -0.1) is 0 Å². The Bertz CT molecular complexity index is 542. The van der Waals surface area contributed by atoms with Gasteiger partial charge in [0.1, 0.15) is 0 Å². The zero-order chi connectivity index (χ0) is 14.2. The van der Waals surface area contributed by atoms with Crippen molar-refractivity contribution in [3.05, 3.63) is 28.3 Å². The van der Waals surface area contributed by atoms with Gasteiger partial charge in [0.05, 0.1) is 16.7 Å². The highest BCUT2D eigenvalue weighted by atomic mass is 16.6. The number of carbonyl (C=O) groups excluding carboxylic acids is 1. The molecule has 1 aromatic rings. The maximum Gasteiger partial charge on any atom is 0.273 e. The maximum atomic E-state index is 12.2. The van der Waals surface area contributed by atoms with Gasteiger partial charge in [-0.25, -0.2) is 0 Å². The van der Waals surface area contributed by atoms with Gasteiger partial charge in [0, 0.05) is 19.2 Å². The lowest BCUT2D eigenvalue weighted by atomic mass is 10.0. The highest BCUT2D eigenvalue weighted by Gasteiger charge is 2.41. The number of rotatable bonds is 3. The molecule has 1 aromatic carbocycles. The number of ether oxygens (including phenoxy) is 1. The van der Waals surface area contributed by atoms with Crippen molar-refractivity contribution in [3.63, 3.8) is 0 Å². The van der Waals surface area contributed by atoms with E-state index >= 15 is 0 Å². The Morgan fingerprint density at radius 3 is 2.74 bits per heavy atom. The number of nitro groups is 1. The van der Waals surface area contributed by atoms with E-state index < -0.39 is 10.5 Å². The SMILES string of the molecule is CC1(C)Oc2cc([N+](=O)[O-])ccc2N(CCN)C1=O. The van der Waals surface area contributed by atoms with Crippen molar-refractivity contribution in [2.45, 2.75) is 19.4 Å². The number of anilines is 1. The minimum absolute atomic E-state index is 0.0726. The Morgan fingerprint density at radius 2 is 2.16 bits per heavy atom. The molecule has 0 saturated heterocycles. The van der Waals surface area contributed by atoms with E-state index in [1.807, 2.05) is 0 Å². The van der Waals surface area contributed by atoms with Crippen molar-refractivity contribution >= 4 is 17.3 Å². The molecular formula is C12H15N3O4. The number of non-ortho nitro benzene ring substituents is 1. The molecule has 0 saturated carbocycles. The highest BCUT2D eigenvalue weighted by Crippen LogP contribution is 2.39. The van der Waals surface area contributed by atoms with Crippen LogP contribution in [0.2, 0.25) is 0 Å². The molecule has 0 aliphatic carbocycles. The van der Waals surface area contributed by atoms with Crippen LogP contribution < -0.4 is 15.4 Å². The standard InChI is InChI=1S/C12H15N3O4/c1-12(2)11(16)14(6-5-13)9-4-3-8(15(17)18)7-10(9)19-12/h3-4,7H,5-6,13H2,1-2H3. The molecule has 1 aliphatic heterocycles. The summed E-state index contributed by atoms with van der Waals surface area (Å²) in [5.41, 5.74) is 4.89. The van der Waals surface area contributed by atoms with Crippen LogP contribution in [-0.4, -0.2) is 29.5 Å². The molecule has 0 aromatic heterocycles. The Hall–Kier alpha value is -2.15. The normalized spacial score (nSPS) is 16.8. The summed E-state index contributed by atoms with van der Waals surface area (Å²) in [6, 6.07) is 4.18. The van der Waals surface area contributed by atoms with E-state index in [4.69, 9.17) is 10.5 Å². The fraction of sp³-hybridized carbons (Fsp3) is 0.417. The molecule has 0 spiro atoms. The maximum absolute atomic E-state index is 12.2. The second-order valence-corrected chi connectivity index (χ2v) is 4.77. The van der Waals surface area contributed by atoms with Gasteiger partial charge < -0.3 is 15.4 Å². The van der Waals surface area contributed by atoms with Crippen LogP contribution in [0.25, 0.3) is 0 Å². The van der Waals surface area contributed by atoms with Gasteiger partial charge in [-0.05, 0) is 19.9 Å². The average molecular weight is 265 g/mol. The number of carbonyl (C=O) groups is 1. The van der Waals surface area contributed by atoms with Crippen LogP contribution in [0.15, 0.2) is 18.2 Å². The van der Waals surface area contributed by atoms with Crippen molar-refractivity contribution in [1.29, 1.82) is 0 Å². The molecule has 19 heavy (non-hydrogen) atoms. The highest BCUT2D eigenvalue weighted by molar-refractivity contribution is 6.02. The molecule has 0 atom stereocenters. The quantitative estimate of drug-likeness (QED) is 0.650. The molecule has 2 rings (SSSR count). The van der Waals surface area contributed by atoms with Crippen LogP contribution in [-0.2, 0) is 4.79 Å². The van der Waals surface area contributed by atoms with Gasteiger partial charge in [-0.1, -0.05) is 0 Å². The lowest BCUT2D eigenvalue weighted by molar-refractivity contribution is -0.385. The summed E-state index contributed by atoms with van der Waals surface area (Å²) in [6.45, 7) is 3.90. The van der Waals surface area contributed by atoms with Crippen LogP contribution in [0.5, 0.6) is 5.75 Å². The second-order valence-electron chi connectivity index (χ2n) is 4.77. The summed E-state index contributed by atoms with van der Waals surface area (Å²) in [6.07, 6.45) is 0. The third-order valence-electron chi connectivity index (χ3n) is 2.92. The van der Waals surface area contributed by atoms with Crippen molar-refractivity contribution in [3.8, 4) is 5.75 Å². The van der Waals surface area contributed by atoms with Crippen LogP contribution >= 0.6 is 0 Å². The van der Waals surface area contributed by atoms with Crippen LogP contribution in [0, 0.1) is 10.1 Å². The van der Waals surface area contributed by atoms with Crippen molar-refractivity contribution in [2.24, 2.45) is 5.73 Å². The summed E-state index contributed by atoms with van der Waals surface area (Å²) in [5, 5.41) is 10.8. The van der Waals surface area contributed by atoms with Crippen molar-refractivity contribution in [1.82, 2.24) is 0 Å². The van der Waals surface area contributed by atoms with Gasteiger partial charge in [0.15, 0.2) is 11.4 Å².